The van der Waals surface area contributed by atoms with Gasteiger partial charge in [0.2, 0.25) is 11.9 Å². The quantitative estimate of drug-likeness (QED) is 0.805. The van der Waals surface area contributed by atoms with Crippen LogP contribution >= 0.6 is 0 Å². The van der Waals surface area contributed by atoms with Crippen molar-refractivity contribution in [3.63, 3.8) is 0 Å². The van der Waals surface area contributed by atoms with Crippen LogP contribution in [-0.4, -0.2) is 59.5 Å². The monoisotopic (exact) mass is 391 g/mol. The van der Waals surface area contributed by atoms with Gasteiger partial charge in [-0.2, -0.15) is 13.2 Å². The van der Waals surface area contributed by atoms with E-state index in [0.29, 0.717) is 32.7 Å². The number of carbonyl (C=O) groups is 1. The number of para-hydroxylation sites is 1. The highest BCUT2D eigenvalue weighted by molar-refractivity contribution is 5.99. The Morgan fingerprint density at radius 1 is 0.964 bits per heavy atom. The smallest absolute Gasteiger partial charge is 0.338 e. The summed E-state index contributed by atoms with van der Waals surface area (Å²) in [7, 11) is 0. The molecule has 9 heteroatoms. The Bertz CT molecular complexity index is 837. The fourth-order valence-corrected chi connectivity index (χ4v) is 3.76. The molecule has 1 atom stereocenters. The number of nitrogens with zero attached hydrogens (tertiary/aromatic N) is 5. The van der Waals surface area contributed by atoms with E-state index >= 15 is 0 Å². The molecule has 2 fully saturated rings. The van der Waals surface area contributed by atoms with Crippen LogP contribution in [-0.2, 0) is 11.0 Å². The Balaban J connectivity index is 1.39. The minimum atomic E-state index is -4.49. The van der Waals surface area contributed by atoms with Crippen molar-refractivity contribution in [1.82, 2.24) is 14.9 Å². The summed E-state index contributed by atoms with van der Waals surface area (Å²) in [5, 5.41) is 0. The first kappa shape index (κ1) is 18.7. The number of halogens is 3. The zero-order chi connectivity index (χ0) is 19.7. The molecule has 4 rings (SSSR count). The van der Waals surface area contributed by atoms with E-state index in [0.717, 1.165) is 24.4 Å². The maximum absolute atomic E-state index is 12.9. The molecule has 2 aliphatic rings. The number of benzene rings is 1. The normalized spacial score (nSPS) is 21.4. The summed E-state index contributed by atoms with van der Waals surface area (Å²) in [6, 6.07) is 10.2. The third-order valence-corrected chi connectivity index (χ3v) is 5.22. The van der Waals surface area contributed by atoms with Crippen LogP contribution in [0.5, 0.6) is 0 Å². The molecule has 2 saturated heterocycles. The molecule has 2 aliphatic heterocycles. The molecule has 0 spiro atoms. The van der Waals surface area contributed by atoms with Crippen molar-refractivity contribution in [2.75, 3.05) is 42.5 Å². The SMILES string of the molecule is O=C1[C@H](N2CCN(c3nccc(C(F)(F)F)n3)CC2)CCN1c1ccccc1. The highest BCUT2D eigenvalue weighted by Crippen LogP contribution is 2.29. The Labute approximate surface area is 160 Å². The van der Waals surface area contributed by atoms with Crippen LogP contribution in [0.15, 0.2) is 42.6 Å². The molecule has 1 aromatic heterocycles. The second-order valence-corrected chi connectivity index (χ2v) is 6.89. The van der Waals surface area contributed by atoms with E-state index in [1.165, 1.54) is 0 Å². The molecular formula is C19H20F3N5O. The van der Waals surface area contributed by atoms with Crippen LogP contribution in [0.25, 0.3) is 0 Å². The van der Waals surface area contributed by atoms with Gasteiger partial charge in [0, 0.05) is 44.6 Å². The summed E-state index contributed by atoms with van der Waals surface area (Å²) < 4.78 is 38.6. The van der Waals surface area contributed by atoms with E-state index < -0.39 is 11.9 Å². The van der Waals surface area contributed by atoms with Crippen molar-refractivity contribution in [1.29, 1.82) is 0 Å². The average molecular weight is 391 g/mol. The lowest BCUT2D eigenvalue weighted by Gasteiger charge is -2.37. The van der Waals surface area contributed by atoms with Crippen molar-refractivity contribution >= 4 is 17.5 Å². The molecule has 2 aromatic rings. The number of anilines is 2. The average Bonchev–Trinajstić information content (AvgIpc) is 3.09. The number of aromatic nitrogens is 2. The Hall–Kier alpha value is -2.68. The van der Waals surface area contributed by atoms with Gasteiger partial charge in [0.05, 0.1) is 6.04 Å². The van der Waals surface area contributed by atoms with Crippen LogP contribution in [0.3, 0.4) is 0 Å². The summed E-state index contributed by atoms with van der Waals surface area (Å²) in [5.74, 6) is 0.160. The molecule has 0 bridgehead atoms. The van der Waals surface area contributed by atoms with Gasteiger partial charge in [0.25, 0.3) is 0 Å². The molecular weight excluding hydrogens is 371 g/mol. The minimum Gasteiger partial charge on any atom is -0.338 e. The topological polar surface area (TPSA) is 52.6 Å². The van der Waals surface area contributed by atoms with Gasteiger partial charge in [-0.3, -0.25) is 9.69 Å². The van der Waals surface area contributed by atoms with Gasteiger partial charge in [-0.15, -0.1) is 0 Å². The number of hydrogen-bond acceptors (Lipinski definition) is 5. The molecule has 0 unspecified atom stereocenters. The lowest BCUT2D eigenvalue weighted by Crippen LogP contribution is -2.53. The summed E-state index contributed by atoms with van der Waals surface area (Å²) in [4.78, 5) is 26.1. The van der Waals surface area contributed by atoms with Gasteiger partial charge >= 0.3 is 6.18 Å². The van der Waals surface area contributed by atoms with Crippen LogP contribution in [0.1, 0.15) is 12.1 Å². The molecule has 3 heterocycles. The van der Waals surface area contributed by atoms with Crippen molar-refractivity contribution < 1.29 is 18.0 Å². The summed E-state index contributed by atoms with van der Waals surface area (Å²) in [6.07, 6.45) is -2.61. The van der Waals surface area contributed by atoms with Gasteiger partial charge < -0.3 is 9.80 Å². The van der Waals surface area contributed by atoms with Gasteiger partial charge in [0.1, 0.15) is 5.69 Å². The van der Waals surface area contributed by atoms with Crippen LogP contribution < -0.4 is 9.80 Å². The molecule has 0 radical (unpaired) electrons. The van der Waals surface area contributed by atoms with E-state index in [-0.39, 0.29) is 17.9 Å². The standard InChI is InChI=1S/C19H20F3N5O/c20-19(21,22)16-6-8-23-18(24-16)26-12-10-25(11-13-26)15-7-9-27(17(15)28)14-4-2-1-3-5-14/h1-6,8,15H,7,9-13H2/t15-/m1/s1. The van der Waals surface area contributed by atoms with E-state index in [2.05, 4.69) is 14.9 Å². The summed E-state index contributed by atoms with van der Waals surface area (Å²) in [5.41, 5.74) is -0.0459. The van der Waals surface area contributed by atoms with Crippen LogP contribution in [0.4, 0.5) is 24.8 Å². The largest absolute Gasteiger partial charge is 0.433 e. The molecule has 0 saturated carbocycles. The second-order valence-electron chi connectivity index (χ2n) is 6.89. The fraction of sp³-hybridized carbons (Fsp3) is 0.421. The van der Waals surface area contributed by atoms with E-state index in [9.17, 15) is 18.0 Å². The molecule has 1 aromatic carbocycles. The Kier molecular flexibility index (Phi) is 4.92. The van der Waals surface area contributed by atoms with E-state index in [4.69, 9.17) is 0 Å². The van der Waals surface area contributed by atoms with Gasteiger partial charge in [-0.25, -0.2) is 9.97 Å². The Morgan fingerprint density at radius 2 is 1.68 bits per heavy atom. The second kappa shape index (κ2) is 7.38. The van der Waals surface area contributed by atoms with E-state index in [1.54, 1.807) is 9.80 Å². The molecule has 1 amide bonds. The molecule has 0 aliphatic carbocycles. The van der Waals surface area contributed by atoms with Crippen LogP contribution in [0.2, 0.25) is 0 Å². The van der Waals surface area contributed by atoms with Crippen molar-refractivity contribution in [3.8, 4) is 0 Å². The highest BCUT2D eigenvalue weighted by Gasteiger charge is 2.38. The third kappa shape index (κ3) is 3.66. The first-order chi connectivity index (χ1) is 13.4. The number of piperazine rings is 1. The predicted molar refractivity (Wildman–Crippen MR) is 98.0 cm³/mol. The van der Waals surface area contributed by atoms with Gasteiger partial charge in [-0.05, 0) is 24.6 Å². The maximum atomic E-state index is 12.9. The van der Waals surface area contributed by atoms with Gasteiger partial charge in [0.15, 0.2) is 0 Å². The first-order valence-electron chi connectivity index (χ1n) is 9.19. The lowest BCUT2D eigenvalue weighted by molar-refractivity contribution is -0.141. The van der Waals surface area contributed by atoms with Crippen molar-refractivity contribution in [3.05, 3.63) is 48.3 Å². The Morgan fingerprint density at radius 3 is 2.36 bits per heavy atom. The van der Waals surface area contributed by atoms with Crippen LogP contribution in [0, 0.1) is 0 Å². The predicted octanol–water partition coefficient (Wildman–Crippen LogP) is 2.42. The molecule has 148 valence electrons. The summed E-state index contributed by atoms with van der Waals surface area (Å²) in [6.45, 7) is 2.80. The molecule has 6 nitrogen and oxygen atoms in total. The van der Waals surface area contributed by atoms with Gasteiger partial charge in [-0.1, -0.05) is 18.2 Å². The molecule has 28 heavy (non-hydrogen) atoms. The highest BCUT2D eigenvalue weighted by atomic mass is 19.4. The van der Waals surface area contributed by atoms with Crippen molar-refractivity contribution in [2.24, 2.45) is 0 Å². The number of carbonyl (C=O) groups excluding carboxylic acids is 1. The first-order valence-corrected chi connectivity index (χ1v) is 9.19. The fourth-order valence-electron chi connectivity index (χ4n) is 3.76. The summed E-state index contributed by atoms with van der Waals surface area (Å²) >= 11 is 0. The minimum absolute atomic E-state index is 0.0787. The third-order valence-electron chi connectivity index (χ3n) is 5.22. The number of alkyl halides is 3. The van der Waals surface area contributed by atoms with Crippen molar-refractivity contribution in [2.45, 2.75) is 18.6 Å². The lowest BCUT2D eigenvalue weighted by atomic mass is 10.2. The zero-order valence-corrected chi connectivity index (χ0v) is 15.1. The number of amides is 1. The molecule has 0 N–H and O–H groups in total. The zero-order valence-electron chi connectivity index (χ0n) is 15.1. The van der Waals surface area contributed by atoms with E-state index in [1.807, 2.05) is 30.3 Å². The maximum Gasteiger partial charge on any atom is 0.433 e. The number of rotatable bonds is 3. The number of hydrogen-bond donors (Lipinski definition) is 0.